The zero-order valence-electron chi connectivity index (χ0n) is 9.69. The summed E-state index contributed by atoms with van der Waals surface area (Å²) in [7, 11) is 0. The van der Waals surface area contributed by atoms with Gasteiger partial charge >= 0.3 is 0 Å². The van der Waals surface area contributed by atoms with E-state index in [9.17, 15) is 4.79 Å². The highest BCUT2D eigenvalue weighted by atomic mass is 16.1. The molecule has 1 saturated carbocycles. The standard InChI is InChI=1S/C14H19NO/c16-14(9-12-5-2-1-3-6-12)10-13-7-4-8-15-11-13/h4,7-8,11-12H,1-3,5-6,9-10H2. The molecule has 0 atom stereocenters. The Bertz CT molecular complexity index is 328. The number of Topliss-reactive ketones (excluding diaryl/α,β-unsaturated/α-hetero) is 1. The first-order valence-electron chi connectivity index (χ1n) is 6.25. The number of ketones is 1. The summed E-state index contributed by atoms with van der Waals surface area (Å²) >= 11 is 0. The Morgan fingerprint density at radius 3 is 2.81 bits per heavy atom. The van der Waals surface area contributed by atoms with Crippen molar-refractivity contribution < 1.29 is 4.79 Å². The molecule has 1 fully saturated rings. The second-order valence-corrected chi connectivity index (χ2v) is 4.78. The lowest BCUT2D eigenvalue weighted by Crippen LogP contribution is -2.13. The molecule has 2 heteroatoms. The minimum absolute atomic E-state index is 0.375. The fourth-order valence-electron chi connectivity index (χ4n) is 2.52. The molecular weight excluding hydrogens is 198 g/mol. The van der Waals surface area contributed by atoms with Gasteiger partial charge in [-0.15, -0.1) is 0 Å². The SMILES string of the molecule is O=C(Cc1cccnc1)CC1CCCCC1. The summed E-state index contributed by atoms with van der Waals surface area (Å²) < 4.78 is 0. The van der Waals surface area contributed by atoms with Crippen LogP contribution in [0.1, 0.15) is 44.1 Å². The second-order valence-electron chi connectivity index (χ2n) is 4.78. The van der Waals surface area contributed by atoms with E-state index < -0.39 is 0 Å². The Morgan fingerprint density at radius 2 is 2.12 bits per heavy atom. The van der Waals surface area contributed by atoms with E-state index in [0.29, 0.717) is 18.1 Å². The zero-order chi connectivity index (χ0) is 11.2. The number of carbonyl (C=O) groups is 1. The van der Waals surface area contributed by atoms with Crippen LogP contribution in [-0.2, 0) is 11.2 Å². The van der Waals surface area contributed by atoms with E-state index >= 15 is 0 Å². The van der Waals surface area contributed by atoms with E-state index in [4.69, 9.17) is 0 Å². The number of aromatic nitrogens is 1. The van der Waals surface area contributed by atoms with Gasteiger partial charge in [0.25, 0.3) is 0 Å². The quantitative estimate of drug-likeness (QED) is 0.775. The van der Waals surface area contributed by atoms with Crippen molar-refractivity contribution in [3.05, 3.63) is 30.1 Å². The van der Waals surface area contributed by atoms with Gasteiger partial charge < -0.3 is 0 Å². The van der Waals surface area contributed by atoms with Crippen LogP contribution in [0.3, 0.4) is 0 Å². The molecule has 1 aliphatic carbocycles. The molecule has 0 radical (unpaired) electrons. The van der Waals surface area contributed by atoms with Crippen molar-refractivity contribution in [2.24, 2.45) is 5.92 Å². The smallest absolute Gasteiger partial charge is 0.137 e. The second kappa shape index (κ2) is 5.78. The van der Waals surface area contributed by atoms with Crippen LogP contribution in [0.4, 0.5) is 0 Å². The molecule has 0 amide bonds. The van der Waals surface area contributed by atoms with Gasteiger partial charge in [-0.05, 0) is 17.5 Å². The summed E-state index contributed by atoms with van der Waals surface area (Å²) in [6.45, 7) is 0. The molecule has 0 aliphatic heterocycles. The van der Waals surface area contributed by atoms with Crippen molar-refractivity contribution >= 4 is 5.78 Å². The molecule has 1 aromatic rings. The monoisotopic (exact) mass is 217 g/mol. The van der Waals surface area contributed by atoms with Gasteiger partial charge in [0.1, 0.15) is 5.78 Å². The van der Waals surface area contributed by atoms with E-state index in [1.807, 2.05) is 12.1 Å². The molecular formula is C14H19NO. The van der Waals surface area contributed by atoms with Crippen LogP contribution in [0.15, 0.2) is 24.5 Å². The highest BCUT2D eigenvalue weighted by Gasteiger charge is 2.16. The van der Waals surface area contributed by atoms with E-state index in [2.05, 4.69) is 4.98 Å². The first kappa shape index (κ1) is 11.3. The van der Waals surface area contributed by atoms with Gasteiger partial charge in [0.2, 0.25) is 0 Å². The fraction of sp³-hybridized carbons (Fsp3) is 0.571. The molecule has 86 valence electrons. The van der Waals surface area contributed by atoms with Crippen LogP contribution >= 0.6 is 0 Å². The Labute approximate surface area is 97.1 Å². The number of rotatable bonds is 4. The van der Waals surface area contributed by atoms with E-state index in [0.717, 1.165) is 12.0 Å². The Morgan fingerprint density at radius 1 is 1.31 bits per heavy atom. The molecule has 16 heavy (non-hydrogen) atoms. The Balaban J connectivity index is 1.80. The van der Waals surface area contributed by atoms with Crippen LogP contribution in [0.25, 0.3) is 0 Å². The number of nitrogens with zero attached hydrogens (tertiary/aromatic N) is 1. The van der Waals surface area contributed by atoms with Crippen molar-refractivity contribution in [1.29, 1.82) is 0 Å². The molecule has 1 aromatic heterocycles. The van der Waals surface area contributed by atoms with Crippen molar-refractivity contribution in [2.75, 3.05) is 0 Å². The van der Waals surface area contributed by atoms with Gasteiger partial charge in [-0.3, -0.25) is 9.78 Å². The largest absolute Gasteiger partial charge is 0.299 e. The molecule has 0 spiro atoms. The van der Waals surface area contributed by atoms with Gasteiger partial charge in [-0.25, -0.2) is 0 Å². The first-order valence-corrected chi connectivity index (χ1v) is 6.25. The van der Waals surface area contributed by atoms with Gasteiger partial charge in [0, 0.05) is 25.2 Å². The molecule has 2 rings (SSSR count). The Kier molecular flexibility index (Phi) is 4.09. The summed E-state index contributed by atoms with van der Waals surface area (Å²) in [6.07, 6.45) is 11.3. The maximum absolute atomic E-state index is 11.9. The predicted molar refractivity (Wildman–Crippen MR) is 64.1 cm³/mol. The summed E-state index contributed by atoms with van der Waals surface area (Å²) in [5.41, 5.74) is 1.04. The van der Waals surface area contributed by atoms with E-state index in [1.165, 1.54) is 32.1 Å². The van der Waals surface area contributed by atoms with Crippen LogP contribution in [-0.4, -0.2) is 10.8 Å². The van der Waals surface area contributed by atoms with Crippen LogP contribution in [0, 0.1) is 5.92 Å². The van der Waals surface area contributed by atoms with Crippen LogP contribution in [0.2, 0.25) is 0 Å². The summed E-state index contributed by atoms with van der Waals surface area (Å²) in [6, 6.07) is 3.87. The third-order valence-corrected chi connectivity index (χ3v) is 3.37. The molecule has 0 saturated heterocycles. The summed E-state index contributed by atoms with van der Waals surface area (Å²) in [5, 5.41) is 0. The lowest BCUT2D eigenvalue weighted by atomic mass is 9.85. The lowest BCUT2D eigenvalue weighted by Gasteiger charge is -2.20. The third kappa shape index (κ3) is 3.44. The van der Waals surface area contributed by atoms with Crippen molar-refractivity contribution in [1.82, 2.24) is 4.98 Å². The van der Waals surface area contributed by atoms with Crippen LogP contribution < -0.4 is 0 Å². The normalized spacial score (nSPS) is 17.2. The summed E-state index contributed by atoms with van der Waals surface area (Å²) in [4.78, 5) is 15.9. The fourth-order valence-corrected chi connectivity index (χ4v) is 2.52. The highest BCUT2D eigenvalue weighted by molar-refractivity contribution is 5.80. The van der Waals surface area contributed by atoms with Crippen molar-refractivity contribution in [3.8, 4) is 0 Å². The van der Waals surface area contributed by atoms with Crippen molar-refractivity contribution in [3.63, 3.8) is 0 Å². The molecule has 0 bridgehead atoms. The number of hydrogen-bond acceptors (Lipinski definition) is 2. The molecule has 1 heterocycles. The molecule has 0 N–H and O–H groups in total. The maximum Gasteiger partial charge on any atom is 0.137 e. The minimum Gasteiger partial charge on any atom is -0.299 e. The molecule has 0 aromatic carbocycles. The van der Waals surface area contributed by atoms with Gasteiger partial charge in [-0.2, -0.15) is 0 Å². The first-order chi connectivity index (χ1) is 7.84. The maximum atomic E-state index is 11.9. The lowest BCUT2D eigenvalue weighted by molar-refractivity contribution is -0.119. The number of carbonyl (C=O) groups excluding carboxylic acids is 1. The highest BCUT2D eigenvalue weighted by Crippen LogP contribution is 2.26. The zero-order valence-corrected chi connectivity index (χ0v) is 9.69. The molecule has 0 unspecified atom stereocenters. The average molecular weight is 217 g/mol. The topological polar surface area (TPSA) is 30.0 Å². The van der Waals surface area contributed by atoms with E-state index in [1.54, 1.807) is 12.4 Å². The number of pyridine rings is 1. The summed E-state index contributed by atoms with van der Waals surface area (Å²) in [5.74, 6) is 1.03. The van der Waals surface area contributed by atoms with Crippen LogP contribution in [0.5, 0.6) is 0 Å². The van der Waals surface area contributed by atoms with Gasteiger partial charge in [0.15, 0.2) is 0 Å². The van der Waals surface area contributed by atoms with Crippen molar-refractivity contribution in [2.45, 2.75) is 44.9 Å². The van der Waals surface area contributed by atoms with Gasteiger partial charge in [0.05, 0.1) is 0 Å². The third-order valence-electron chi connectivity index (χ3n) is 3.37. The minimum atomic E-state index is 0.375. The average Bonchev–Trinajstić information content (AvgIpc) is 2.31. The Hall–Kier alpha value is -1.18. The number of hydrogen-bond donors (Lipinski definition) is 0. The molecule has 2 nitrogen and oxygen atoms in total. The molecule has 1 aliphatic rings. The van der Waals surface area contributed by atoms with Gasteiger partial charge in [-0.1, -0.05) is 38.2 Å². The van der Waals surface area contributed by atoms with E-state index in [-0.39, 0.29) is 0 Å². The predicted octanol–water partition coefficient (Wildman–Crippen LogP) is 3.16.